The molecule has 7 nitrogen and oxygen atoms in total. The van der Waals surface area contributed by atoms with Gasteiger partial charge in [0.15, 0.2) is 0 Å². The molecule has 0 aliphatic carbocycles. The Bertz CT molecular complexity index is 764. The maximum Gasteiger partial charge on any atom is 0.410 e. The number of hydrogen-bond acceptors (Lipinski definition) is 6. The predicted molar refractivity (Wildman–Crippen MR) is 109 cm³/mol. The van der Waals surface area contributed by atoms with Gasteiger partial charge in [0.1, 0.15) is 6.61 Å². The van der Waals surface area contributed by atoms with E-state index in [-0.39, 0.29) is 6.09 Å². The first kappa shape index (κ1) is 21.1. The quantitative estimate of drug-likeness (QED) is 0.708. The van der Waals surface area contributed by atoms with Gasteiger partial charge >= 0.3 is 6.09 Å². The van der Waals surface area contributed by atoms with Crippen LogP contribution >= 0.6 is 0 Å². The molecule has 29 heavy (non-hydrogen) atoms. The van der Waals surface area contributed by atoms with Gasteiger partial charge in [-0.2, -0.15) is 0 Å². The van der Waals surface area contributed by atoms with Crippen molar-refractivity contribution in [3.63, 3.8) is 0 Å². The molecular weight excluding hydrogens is 370 g/mol. The van der Waals surface area contributed by atoms with E-state index in [1.165, 1.54) is 0 Å². The zero-order valence-corrected chi connectivity index (χ0v) is 16.6. The molecule has 1 aliphatic heterocycles. The van der Waals surface area contributed by atoms with Crippen LogP contribution in [0.25, 0.3) is 0 Å². The normalized spacial score (nSPS) is 15.7. The molecule has 0 spiro atoms. The molecular formula is C22H29N3O4. The summed E-state index contributed by atoms with van der Waals surface area (Å²) in [6.45, 7) is 2.55. The molecule has 3 N–H and O–H groups in total. The fourth-order valence-corrected chi connectivity index (χ4v) is 3.30. The van der Waals surface area contributed by atoms with Crippen LogP contribution < -0.4 is 10.5 Å². The average molecular weight is 399 g/mol. The van der Waals surface area contributed by atoms with Gasteiger partial charge in [0.05, 0.1) is 18.4 Å². The monoisotopic (exact) mass is 399 g/mol. The minimum atomic E-state index is -0.673. The SMILES string of the molecule is NCC[C@@H](O)c1cccc(OCC2CCN(C(=O)OCc3ccccc3)CC2)n1. The Morgan fingerprint density at radius 1 is 1.17 bits per heavy atom. The second-order valence-electron chi connectivity index (χ2n) is 7.28. The second-order valence-corrected chi connectivity index (χ2v) is 7.28. The lowest BCUT2D eigenvalue weighted by molar-refractivity contribution is 0.0756. The summed E-state index contributed by atoms with van der Waals surface area (Å²) in [4.78, 5) is 18.4. The van der Waals surface area contributed by atoms with Crippen LogP contribution in [0, 0.1) is 5.92 Å². The molecule has 0 saturated carbocycles. The lowest BCUT2D eigenvalue weighted by Gasteiger charge is -2.31. The number of benzene rings is 1. The average Bonchev–Trinajstić information content (AvgIpc) is 2.77. The Morgan fingerprint density at radius 3 is 2.66 bits per heavy atom. The van der Waals surface area contributed by atoms with Crippen molar-refractivity contribution in [2.75, 3.05) is 26.2 Å². The van der Waals surface area contributed by atoms with Crippen LogP contribution in [-0.4, -0.2) is 47.3 Å². The van der Waals surface area contributed by atoms with Crippen LogP contribution in [0.4, 0.5) is 4.79 Å². The molecule has 3 rings (SSSR count). The molecule has 7 heteroatoms. The van der Waals surface area contributed by atoms with Crippen LogP contribution in [0.5, 0.6) is 5.88 Å². The molecule has 0 unspecified atom stereocenters. The fourth-order valence-electron chi connectivity index (χ4n) is 3.30. The van der Waals surface area contributed by atoms with Gasteiger partial charge in [0.2, 0.25) is 5.88 Å². The van der Waals surface area contributed by atoms with E-state index in [9.17, 15) is 9.90 Å². The van der Waals surface area contributed by atoms with E-state index in [0.717, 1.165) is 18.4 Å². The lowest BCUT2D eigenvalue weighted by Crippen LogP contribution is -2.40. The van der Waals surface area contributed by atoms with E-state index in [0.29, 0.717) is 56.8 Å². The first-order chi connectivity index (χ1) is 14.2. The molecule has 1 fully saturated rings. The first-order valence-corrected chi connectivity index (χ1v) is 10.1. The van der Waals surface area contributed by atoms with E-state index in [1.54, 1.807) is 17.0 Å². The van der Waals surface area contributed by atoms with Crippen LogP contribution in [-0.2, 0) is 11.3 Å². The summed E-state index contributed by atoms with van der Waals surface area (Å²) < 4.78 is 11.2. The number of amides is 1. The molecule has 1 aromatic heterocycles. The molecule has 0 bridgehead atoms. The van der Waals surface area contributed by atoms with Gasteiger partial charge in [-0.05, 0) is 43.4 Å². The molecule has 1 atom stereocenters. The van der Waals surface area contributed by atoms with Crippen LogP contribution in [0.15, 0.2) is 48.5 Å². The Kier molecular flexibility index (Phi) is 7.84. The number of nitrogens with zero attached hydrogens (tertiary/aromatic N) is 2. The third-order valence-corrected chi connectivity index (χ3v) is 5.07. The Labute approximate surface area is 171 Å². The van der Waals surface area contributed by atoms with E-state index in [4.69, 9.17) is 15.2 Å². The van der Waals surface area contributed by atoms with Crippen LogP contribution in [0.1, 0.15) is 36.6 Å². The van der Waals surface area contributed by atoms with E-state index < -0.39 is 6.10 Å². The number of aromatic nitrogens is 1. The van der Waals surface area contributed by atoms with E-state index >= 15 is 0 Å². The molecule has 0 radical (unpaired) electrons. The van der Waals surface area contributed by atoms with Gasteiger partial charge in [-0.3, -0.25) is 0 Å². The van der Waals surface area contributed by atoms with E-state index in [1.807, 2.05) is 36.4 Å². The number of piperidine rings is 1. The Morgan fingerprint density at radius 2 is 1.93 bits per heavy atom. The number of hydrogen-bond donors (Lipinski definition) is 2. The number of nitrogens with two attached hydrogens (primary N) is 1. The van der Waals surface area contributed by atoms with Gasteiger partial charge in [-0.25, -0.2) is 9.78 Å². The lowest BCUT2D eigenvalue weighted by atomic mass is 9.98. The molecule has 156 valence electrons. The van der Waals surface area contributed by atoms with Crippen LogP contribution in [0.3, 0.4) is 0 Å². The number of aliphatic hydroxyl groups is 1. The zero-order chi connectivity index (χ0) is 20.5. The van der Waals surface area contributed by atoms with Crippen molar-refractivity contribution in [1.82, 2.24) is 9.88 Å². The van der Waals surface area contributed by atoms with Gasteiger partial charge in [0.25, 0.3) is 0 Å². The summed E-state index contributed by atoms with van der Waals surface area (Å²) in [6, 6.07) is 15.1. The molecule has 1 aliphatic rings. The summed E-state index contributed by atoms with van der Waals surface area (Å²) in [5.41, 5.74) is 7.04. The number of carbonyl (C=O) groups is 1. The van der Waals surface area contributed by atoms with Crippen molar-refractivity contribution in [2.45, 2.75) is 32.0 Å². The highest BCUT2D eigenvalue weighted by Gasteiger charge is 2.24. The number of aliphatic hydroxyl groups excluding tert-OH is 1. The number of rotatable bonds is 8. The molecule has 1 amide bonds. The van der Waals surface area contributed by atoms with Crippen molar-refractivity contribution in [3.8, 4) is 5.88 Å². The minimum absolute atomic E-state index is 0.267. The summed E-state index contributed by atoms with van der Waals surface area (Å²) >= 11 is 0. The first-order valence-electron chi connectivity index (χ1n) is 10.1. The topological polar surface area (TPSA) is 97.9 Å². The third-order valence-electron chi connectivity index (χ3n) is 5.07. The van der Waals surface area contributed by atoms with Gasteiger partial charge in [-0.1, -0.05) is 36.4 Å². The Hall–Kier alpha value is -2.64. The second kappa shape index (κ2) is 10.8. The molecule has 2 aromatic rings. The number of likely N-dealkylation sites (tertiary alicyclic amines) is 1. The summed E-state index contributed by atoms with van der Waals surface area (Å²) in [5.74, 6) is 0.857. The van der Waals surface area contributed by atoms with Crippen molar-refractivity contribution >= 4 is 6.09 Å². The Balaban J connectivity index is 1.40. The van der Waals surface area contributed by atoms with Crippen LogP contribution in [0.2, 0.25) is 0 Å². The van der Waals surface area contributed by atoms with Crippen molar-refractivity contribution in [3.05, 3.63) is 59.8 Å². The number of carbonyl (C=O) groups excluding carboxylic acids is 1. The van der Waals surface area contributed by atoms with Gasteiger partial charge in [0, 0.05) is 19.2 Å². The zero-order valence-electron chi connectivity index (χ0n) is 16.6. The van der Waals surface area contributed by atoms with Crippen molar-refractivity contribution in [2.24, 2.45) is 11.7 Å². The molecule has 1 aromatic carbocycles. The molecule has 2 heterocycles. The smallest absolute Gasteiger partial charge is 0.410 e. The summed E-state index contributed by atoms with van der Waals surface area (Å²) in [7, 11) is 0. The molecule has 1 saturated heterocycles. The third kappa shape index (κ3) is 6.44. The maximum absolute atomic E-state index is 12.2. The van der Waals surface area contributed by atoms with Gasteiger partial charge < -0.3 is 25.2 Å². The fraction of sp³-hybridized carbons (Fsp3) is 0.455. The maximum atomic E-state index is 12.2. The largest absolute Gasteiger partial charge is 0.477 e. The number of pyridine rings is 1. The standard InChI is InChI=1S/C22H29N3O4/c23-12-9-20(26)19-7-4-8-21(24-19)28-15-18-10-13-25(14-11-18)22(27)29-16-17-5-2-1-3-6-17/h1-8,18,20,26H,9-16,23H2/t20-/m1/s1. The summed E-state index contributed by atoms with van der Waals surface area (Å²) in [5, 5.41) is 10.0. The number of ether oxygens (including phenoxy) is 2. The minimum Gasteiger partial charge on any atom is -0.477 e. The van der Waals surface area contributed by atoms with E-state index in [2.05, 4.69) is 4.98 Å². The predicted octanol–water partition coefficient (Wildman–Crippen LogP) is 2.89. The van der Waals surface area contributed by atoms with Crippen molar-refractivity contribution < 1.29 is 19.4 Å². The van der Waals surface area contributed by atoms with Gasteiger partial charge in [-0.15, -0.1) is 0 Å². The highest BCUT2D eigenvalue weighted by Crippen LogP contribution is 2.21. The highest BCUT2D eigenvalue weighted by atomic mass is 16.6. The van der Waals surface area contributed by atoms with Crippen molar-refractivity contribution in [1.29, 1.82) is 0 Å². The highest BCUT2D eigenvalue weighted by molar-refractivity contribution is 5.67. The summed E-state index contributed by atoms with van der Waals surface area (Å²) in [6.07, 6.45) is 1.24.